The lowest BCUT2D eigenvalue weighted by Crippen LogP contribution is -2.20. The number of amides is 1. The van der Waals surface area contributed by atoms with Gasteiger partial charge in [0.1, 0.15) is 11.3 Å². The highest BCUT2D eigenvalue weighted by Gasteiger charge is 2.13. The van der Waals surface area contributed by atoms with Crippen molar-refractivity contribution in [3.05, 3.63) is 48.4 Å². The summed E-state index contributed by atoms with van der Waals surface area (Å²) in [7, 11) is 0. The van der Waals surface area contributed by atoms with Crippen LogP contribution in [0.15, 0.2) is 42.6 Å². The number of fused-ring (bicyclic) bond motifs is 1. The van der Waals surface area contributed by atoms with E-state index in [0.29, 0.717) is 23.0 Å². The Morgan fingerprint density at radius 1 is 1.50 bits per heavy atom. The summed E-state index contributed by atoms with van der Waals surface area (Å²) >= 11 is 0. The van der Waals surface area contributed by atoms with Gasteiger partial charge >= 0.3 is 0 Å². The third kappa shape index (κ3) is 3.20. The predicted octanol–water partition coefficient (Wildman–Crippen LogP) is 3.91. The molecule has 0 aliphatic rings. The van der Waals surface area contributed by atoms with Crippen LogP contribution in [-0.2, 0) is 4.79 Å². The van der Waals surface area contributed by atoms with Crippen molar-refractivity contribution >= 4 is 22.5 Å². The number of halogens is 1. The molecular weight excluding hydrogens is 255 g/mol. The first kappa shape index (κ1) is 14.2. The summed E-state index contributed by atoms with van der Waals surface area (Å²) < 4.78 is 13.5. The molecule has 3 nitrogen and oxygen atoms in total. The van der Waals surface area contributed by atoms with E-state index in [1.165, 1.54) is 12.3 Å². The highest BCUT2D eigenvalue weighted by atomic mass is 19.1. The summed E-state index contributed by atoms with van der Waals surface area (Å²) in [6.45, 7) is 7.54. The molecule has 1 amide bonds. The third-order valence-electron chi connectivity index (χ3n) is 3.03. The van der Waals surface area contributed by atoms with Gasteiger partial charge in [0.15, 0.2) is 0 Å². The second-order valence-corrected chi connectivity index (χ2v) is 5.09. The number of hydrogen-bond acceptors (Lipinski definition) is 2. The molecule has 0 saturated heterocycles. The van der Waals surface area contributed by atoms with Crippen molar-refractivity contribution in [2.45, 2.75) is 20.3 Å². The molecule has 0 aliphatic heterocycles. The number of allylic oxidation sites excluding steroid dienone is 1. The summed E-state index contributed by atoms with van der Waals surface area (Å²) in [4.78, 5) is 16.0. The number of pyridine rings is 1. The third-order valence-corrected chi connectivity index (χ3v) is 3.03. The van der Waals surface area contributed by atoms with Gasteiger partial charge in [-0.1, -0.05) is 24.6 Å². The minimum Gasteiger partial charge on any atom is -0.324 e. The fourth-order valence-corrected chi connectivity index (χ4v) is 2.07. The van der Waals surface area contributed by atoms with Gasteiger partial charge in [-0.2, -0.15) is 0 Å². The van der Waals surface area contributed by atoms with Crippen LogP contribution in [0.5, 0.6) is 0 Å². The molecule has 1 unspecified atom stereocenters. The second-order valence-electron chi connectivity index (χ2n) is 5.09. The van der Waals surface area contributed by atoms with Crippen LogP contribution < -0.4 is 5.32 Å². The number of carbonyl (C=O) groups excluding carboxylic acids is 1. The van der Waals surface area contributed by atoms with Crippen LogP contribution in [0.3, 0.4) is 0 Å². The molecule has 2 aromatic rings. The number of nitrogens with one attached hydrogen (secondary N) is 1. The minimum absolute atomic E-state index is 0.0921. The molecule has 20 heavy (non-hydrogen) atoms. The zero-order chi connectivity index (χ0) is 14.7. The van der Waals surface area contributed by atoms with Crippen LogP contribution in [0.2, 0.25) is 0 Å². The Balaban J connectivity index is 2.18. The first-order chi connectivity index (χ1) is 9.47. The summed E-state index contributed by atoms with van der Waals surface area (Å²) in [6.07, 6.45) is 2.11. The molecule has 1 atom stereocenters. The van der Waals surface area contributed by atoms with E-state index in [1.54, 1.807) is 18.2 Å². The van der Waals surface area contributed by atoms with Crippen LogP contribution in [-0.4, -0.2) is 10.9 Å². The van der Waals surface area contributed by atoms with Crippen molar-refractivity contribution in [1.29, 1.82) is 0 Å². The van der Waals surface area contributed by atoms with Crippen molar-refractivity contribution in [2.24, 2.45) is 5.92 Å². The molecule has 0 bridgehead atoms. The van der Waals surface area contributed by atoms with Crippen LogP contribution >= 0.6 is 0 Å². The first-order valence-electron chi connectivity index (χ1n) is 6.47. The lowest BCUT2D eigenvalue weighted by molar-refractivity contribution is -0.119. The Kier molecular flexibility index (Phi) is 4.13. The number of para-hydroxylation sites is 1. The Morgan fingerprint density at radius 3 is 2.95 bits per heavy atom. The van der Waals surface area contributed by atoms with Gasteiger partial charge in [-0.15, -0.1) is 6.58 Å². The lowest BCUT2D eigenvalue weighted by atomic mass is 10.0. The lowest BCUT2D eigenvalue weighted by Gasteiger charge is -2.12. The number of rotatable bonds is 4. The Morgan fingerprint density at radius 2 is 2.25 bits per heavy atom. The maximum Gasteiger partial charge on any atom is 0.227 e. The van der Waals surface area contributed by atoms with E-state index in [0.717, 1.165) is 5.57 Å². The van der Waals surface area contributed by atoms with E-state index < -0.39 is 0 Å². The maximum atomic E-state index is 13.5. The van der Waals surface area contributed by atoms with Gasteiger partial charge in [0.05, 0.1) is 11.9 Å². The summed E-state index contributed by atoms with van der Waals surface area (Å²) in [5, 5.41) is 3.46. The number of carbonyl (C=O) groups is 1. The summed E-state index contributed by atoms with van der Waals surface area (Å²) in [5.74, 6) is -0.614. The Bertz CT molecular complexity index is 667. The highest BCUT2D eigenvalue weighted by molar-refractivity contribution is 5.94. The quantitative estimate of drug-likeness (QED) is 0.857. The minimum atomic E-state index is -0.365. The zero-order valence-corrected chi connectivity index (χ0v) is 11.6. The normalized spacial score (nSPS) is 12.2. The molecule has 4 heteroatoms. The average molecular weight is 272 g/mol. The van der Waals surface area contributed by atoms with Crippen molar-refractivity contribution < 1.29 is 9.18 Å². The average Bonchev–Trinajstić information content (AvgIpc) is 2.38. The van der Waals surface area contributed by atoms with Crippen LogP contribution in [0.4, 0.5) is 10.1 Å². The second kappa shape index (κ2) is 5.82. The number of benzene rings is 1. The molecule has 0 aliphatic carbocycles. The number of aromatic nitrogens is 1. The fraction of sp³-hybridized carbons (Fsp3) is 0.250. The van der Waals surface area contributed by atoms with Crippen LogP contribution in [0, 0.1) is 11.7 Å². The van der Waals surface area contributed by atoms with Crippen LogP contribution in [0.25, 0.3) is 10.9 Å². The smallest absolute Gasteiger partial charge is 0.227 e. The molecule has 1 heterocycles. The molecule has 0 fully saturated rings. The van der Waals surface area contributed by atoms with E-state index in [4.69, 9.17) is 0 Å². The molecule has 1 aromatic heterocycles. The van der Waals surface area contributed by atoms with Crippen molar-refractivity contribution in [3.8, 4) is 0 Å². The molecule has 1 N–H and O–H groups in total. The molecule has 0 saturated carbocycles. The summed E-state index contributed by atoms with van der Waals surface area (Å²) in [5.41, 5.74) is 1.84. The Labute approximate surface area is 117 Å². The molecule has 0 spiro atoms. The van der Waals surface area contributed by atoms with Gasteiger partial charge in [-0.05, 0) is 25.5 Å². The monoisotopic (exact) mass is 272 g/mol. The zero-order valence-electron chi connectivity index (χ0n) is 11.6. The predicted molar refractivity (Wildman–Crippen MR) is 78.9 cm³/mol. The summed E-state index contributed by atoms with van der Waals surface area (Å²) in [6, 6.07) is 6.46. The van der Waals surface area contributed by atoms with E-state index >= 15 is 0 Å². The van der Waals surface area contributed by atoms with E-state index in [-0.39, 0.29) is 17.6 Å². The molecular formula is C16H17FN2O. The van der Waals surface area contributed by atoms with E-state index in [1.807, 2.05) is 13.8 Å². The van der Waals surface area contributed by atoms with Gasteiger partial charge in [0.25, 0.3) is 0 Å². The van der Waals surface area contributed by atoms with E-state index in [2.05, 4.69) is 16.9 Å². The number of nitrogens with zero attached hydrogens (tertiary/aromatic N) is 1. The molecule has 104 valence electrons. The van der Waals surface area contributed by atoms with E-state index in [9.17, 15) is 9.18 Å². The van der Waals surface area contributed by atoms with Gasteiger partial charge in [0.2, 0.25) is 5.91 Å². The maximum absolute atomic E-state index is 13.5. The number of hydrogen-bond donors (Lipinski definition) is 1. The highest BCUT2D eigenvalue weighted by Crippen LogP contribution is 2.20. The van der Waals surface area contributed by atoms with Gasteiger partial charge in [-0.25, -0.2) is 4.39 Å². The molecule has 2 rings (SSSR count). The van der Waals surface area contributed by atoms with Gasteiger partial charge < -0.3 is 5.32 Å². The largest absolute Gasteiger partial charge is 0.324 e. The number of anilines is 1. The van der Waals surface area contributed by atoms with Gasteiger partial charge in [-0.3, -0.25) is 9.78 Å². The molecule has 1 aromatic carbocycles. The van der Waals surface area contributed by atoms with Crippen molar-refractivity contribution in [2.75, 3.05) is 5.32 Å². The SMILES string of the molecule is C=C(C)CC(C)C(=O)Nc1cnc2c(F)cccc2c1. The van der Waals surface area contributed by atoms with Gasteiger partial charge in [0, 0.05) is 11.3 Å². The first-order valence-corrected chi connectivity index (χ1v) is 6.47. The standard InChI is InChI=1S/C16H17FN2O/c1-10(2)7-11(3)16(20)19-13-8-12-5-4-6-14(17)15(12)18-9-13/h4-6,8-9,11H,1,7H2,2-3H3,(H,19,20). The van der Waals surface area contributed by atoms with Crippen molar-refractivity contribution in [3.63, 3.8) is 0 Å². The fourth-order valence-electron chi connectivity index (χ4n) is 2.07. The molecule has 0 radical (unpaired) electrons. The topological polar surface area (TPSA) is 42.0 Å². The Hall–Kier alpha value is -2.23. The van der Waals surface area contributed by atoms with Crippen LogP contribution in [0.1, 0.15) is 20.3 Å². The van der Waals surface area contributed by atoms with Crippen molar-refractivity contribution in [1.82, 2.24) is 4.98 Å².